The molecule has 6 heterocycles. The summed E-state index contributed by atoms with van der Waals surface area (Å²) >= 11 is 0. The van der Waals surface area contributed by atoms with Gasteiger partial charge in [0.05, 0.1) is 11.9 Å². The molecule has 0 bridgehead atoms. The molecule has 10 nitrogen and oxygen atoms in total. The second kappa shape index (κ2) is 9.93. The number of fused-ring (bicyclic) bond motifs is 1. The van der Waals surface area contributed by atoms with Crippen LogP contribution < -0.4 is 15.2 Å². The number of pyridine rings is 1. The van der Waals surface area contributed by atoms with Gasteiger partial charge in [0, 0.05) is 63.9 Å². The maximum atomic E-state index is 13.4. The van der Waals surface area contributed by atoms with Gasteiger partial charge in [-0.25, -0.2) is 14.6 Å². The Hall–Kier alpha value is -3.40. The first kappa shape index (κ1) is 23.0. The lowest BCUT2D eigenvalue weighted by Crippen LogP contribution is -2.44. The Morgan fingerprint density at radius 3 is 2.33 bits per heavy atom. The van der Waals surface area contributed by atoms with E-state index >= 15 is 0 Å². The predicted octanol–water partition coefficient (Wildman–Crippen LogP) is 2.68. The van der Waals surface area contributed by atoms with Gasteiger partial charge in [-0.3, -0.25) is 4.79 Å². The monoisotopic (exact) mass is 489 g/mol. The maximum Gasteiger partial charge on any atom is 0.272 e. The van der Waals surface area contributed by atoms with E-state index in [4.69, 9.17) is 4.98 Å². The van der Waals surface area contributed by atoms with Crippen molar-refractivity contribution in [1.82, 2.24) is 29.4 Å². The van der Waals surface area contributed by atoms with Crippen LogP contribution in [-0.4, -0.2) is 94.7 Å². The number of piperazine rings is 1. The van der Waals surface area contributed by atoms with Crippen LogP contribution in [0.1, 0.15) is 42.6 Å². The summed E-state index contributed by atoms with van der Waals surface area (Å²) in [5.41, 5.74) is 2.59. The van der Waals surface area contributed by atoms with Crippen molar-refractivity contribution in [3.8, 4) is 0 Å². The maximum absolute atomic E-state index is 13.4. The minimum Gasteiger partial charge on any atom is -0.368 e. The molecule has 0 aliphatic carbocycles. The number of aromatic nitrogens is 4. The first-order valence-electron chi connectivity index (χ1n) is 13.3. The highest BCUT2D eigenvalue weighted by molar-refractivity contribution is 5.98. The van der Waals surface area contributed by atoms with E-state index in [-0.39, 0.29) is 5.91 Å². The molecular formula is C26H35N9O. The van der Waals surface area contributed by atoms with Crippen molar-refractivity contribution in [3.63, 3.8) is 0 Å². The Kier molecular flexibility index (Phi) is 6.35. The summed E-state index contributed by atoms with van der Waals surface area (Å²) in [5.74, 6) is 1.28. The Morgan fingerprint density at radius 1 is 0.861 bits per heavy atom. The molecule has 3 aliphatic rings. The number of likely N-dealkylation sites (N-methyl/N-ethyl adjacent to an activating group) is 1. The number of nitrogens with zero attached hydrogens (tertiary/aromatic N) is 8. The minimum atomic E-state index is 0.0896. The molecule has 0 aromatic carbocycles. The molecule has 0 unspecified atom stereocenters. The zero-order valence-corrected chi connectivity index (χ0v) is 21.1. The first-order valence-corrected chi connectivity index (χ1v) is 13.3. The molecule has 0 radical (unpaired) electrons. The average molecular weight is 490 g/mol. The molecule has 1 amide bonds. The molecule has 3 fully saturated rings. The number of anilines is 3. The van der Waals surface area contributed by atoms with Gasteiger partial charge in [-0.15, -0.1) is 0 Å². The molecule has 10 heteroatoms. The number of nitrogens with one attached hydrogen (secondary N) is 1. The summed E-state index contributed by atoms with van der Waals surface area (Å²) in [4.78, 5) is 34.1. The van der Waals surface area contributed by atoms with E-state index in [1.165, 1.54) is 6.42 Å². The van der Waals surface area contributed by atoms with Crippen LogP contribution in [-0.2, 0) is 0 Å². The Balaban J connectivity index is 1.27. The topological polar surface area (TPSA) is 85.7 Å². The highest BCUT2D eigenvalue weighted by atomic mass is 16.2. The third kappa shape index (κ3) is 4.57. The van der Waals surface area contributed by atoms with Gasteiger partial charge in [0.25, 0.3) is 5.91 Å². The van der Waals surface area contributed by atoms with Gasteiger partial charge in [-0.1, -0.05) is 0 Å². The largest absolute Gasteiger partial charge is 0.368 e. The van der Waals surface area contributed by atoms with Crippen LogP contribution in [0, 0.1) is 0 Å². The zero-order valence-electron chi connectivity index (χ0n) is 21.1. The van der Waals surface area contributed by atoms with E-state index in [9.17, 15) is 4.79 Å². The molecular weight excluding hydrogens is 454 g/mol. The SMILES string of the molecule is CN1CCN(c2ccc(Nc3ncc4cc(C(=O)N5CCCC5)n(N5CCCCC5)c4n3)nc2)CC1. The summed E-state index contributed by atoms with van der Waals surface area (Å²) in [6, 6.07) is 6.03. The van der Waals surface area contributed by atoms with Crippen LogP contribution in [0.2, 0.25) is 0 Å². The highest BCUT2D eigenvalue weighted by Crippen LogP contribution is 2.25. The molecule has 0 saturated carbocycles. The molecule has 1 N–H and O–H groups in total. The van der Waals surface area contributed by atoms with E-state index < -0.39 is 0 Å². The summed E-state index contributed by atoms with van der Waals surface area (Å²) in [7, 11) is 2.16. The summed E-state index contributed by atoms with van der Waals surface area (Å²) in [6.45, 7) is 7.65. The Morgan fingerprint density at radius 2 is 1.61 bits per heavy atom. The second-order valence-electron chi connectivity index (χ2n) is 10.1. The summed E-state index contributed by atoms with van der Waals surface area (Å²) in [5, 5.41) is 6.42. The van der Waals surface area contributed by atoms with Crippen molar-refractivity contribution >= 4 is 34.4 Å². The molecule has 3 aliphatic heterocycles. The number of hydrogen-bond donors (Lipinski definition) is 1. The van der Waals surface area contributed by atoms with E-state index in [1.54, 1.807) is 0 Å². The van der Waals surface area contributed by atoms with Gasteiger partial charge in [-0.2, -0.15) is 4.98 Å². The summed E-state index contributed by atoms with van der Waals surface area (Å²) < 4.78 is 2.05. The van der Waals surface area contributed by atoms with Crippen molar-refractivity contribution in [3.05, 3.63) is 36.3 Å². The van der Waals surface area contributed by atoms with Crippen LogP contribution in [0.15, 0.2) is 30.6 Å². The normalized spacial score (nSPS) is 19.3. The second-order valence-corrected chi connectivity index (χ2v) is 10.1. The molecule has 36 heavy (non-hydrogen) atoms. The van der Waals surface area contributed by atoms with E-state index in [1.807, 2.05) is 34.1 Å². The third-order valence-corrected chi connectivity index (χ3v) is 7.60. The van der Waals surface area contributed by atoms with Crippen LogP contribution in [0.3, 0.4) is 0 Å². The van der Waals surface area contributed by atoms with Crippen molar-refractivity contribution in [2.45, 2.75) is 32.1 Å². The lowest BCUT2D eigenvalue weighted by Gasteiger charge is -2.33. The highest BCUT2D eigenvalue weighted by Gasteiger charge is 2.27. The number of carbonyl (C=O) groups excluding carboxylic acids is 1. The van der Waals surface area contributed by atoms with Crippen LogP contribution >= 0.6 is 0 Å². The van der Waals surface area contributed by atoms with Gasteiger partial charge < -0.3 is 25.0 Å². The van der Waals surface area contributed by atoms with E-state index in [0.717, 1.165) is 94.8 Å². The molecule has 0 spiro atoms. The standard InChI is InChI=1S/C26H35N9O/c1-31-13-15-32(16-14-31)21-7-8-23(27-19-21)29-26-28-18-20-17-22(25(36)33-9-5-6-10-33)35(24(20)30-26)34-11-3-2-4-12-34/h7-8,17-19H,2-6,9-16H2,1H3,(H,27,28,29,30). The van der Waals surface area contributed by atoms with Crippen LogP contribution in [0.25, 0.3) is 11.0 Å². The van der Waals surface area contributed by atoms with Gasteiger partial charge in [-0.05, 0) is 57.4 Å². The Labute approximate surface area is 211 Å². The molecule has 3 aromatic rings. The molecule has 6 rings (SSSR count). The van der Waals surface area contributed by atoms with Gasteiger partial charge in [0.2, 0.25) is 5.95 Å². The molecule has 3 aromatic heterocycles. The Bertz CT molecular complexity index is 1200. The third-order valence-electron chi connectivity index (χ3n) is 7.60. The van der Waals surface area contributed by atoms with Crippen molar-refractivity contribution in [1.29, 1.82) is 0 Å². The average Bonchev–Trinajstić information content (AvgIpc) is 3.58. The van der Waals surface area contributed by atoms with Gasteiger partial charge in [0.15, 0.2) is 5.65 Å². The van der Waals surface area contributed by atoms with Crippen LogP contribution in [0.4, 0.5) is 17.5 Å². The fourth-order valence-corrected chi connectivity index (χ4v) is 5.46. The van der Waals surface area contributed by atoms with Gasteiger partial charge in [0.1, 0.15) is 11.5 Å². The minimum absolute atomic E-state index is 0.0896. The fraction of sp³-hybridized carbons (Fsp3) is 0.538. The number of hydrogen-bond acceptors (Lipinski definition) is 8. The number of piperidine rings is 1. The predicted molar refractivity (Wildman–Crippen MR) is 142 cm³/mol. The van der Waals surface area contributed by atoms with E-state index in [2.05, 4.69) is 43.2 Å². The number of rotatable bonds is 5. The smallest absolute Gasteiger partial charge is 0.272 e. The summed E-state index contributed by atoms with van der Waals surface area (Å²) in [6.07, 6.45) is 9.34. The van der Waals surface area contributed by atoms with E-state index in [0.29, 0.717) is 17.5 Å². The van der Waals surface area contributed by atoms with Crippen molar-refractivity contribution in [2.75, 3.05) is 74.6 Å². The van der Waals surface area contributed by atoms with Crippen molar-refractivity contribution in [2.24, 2.45) is 0 Å². The number of carbonyl (C=O) groups is 1. The van der Waals surface area contributed by atoms with Crippen LogP contribution in [0.5, 0.6) is 0 Å². The fourth-order valence-electron chi connectivity index (χ4n) is 5.46. The molecule has 3 saturated heterocycles. The van der Waals surface area contributed by atoms with Gasteiger partial charge >= 0.3 is 0 Å². The molecule has 0 atom stereocenters. The lowest BCUT2D eigenvalue weighted by atomic mass is 10.2. The van der Waals surface area contributed by atoms with Crippen molar-refractivity contribution < 1.29 is 4.79 Å². The zero-order chi connectivity index (χ0) is 24.5. The first-order chi connectivity index (χ1) is 17.7. The quantitative estimate of drug-likeness (QED) is 0.586. The number of amides is 1. The molecule has 190 valence electrons. The number of likely N-dealkylation sites (tertiary alicyclic amines) is 1. The lowest BCUT2D eigenvalue weighted by molar-refractivity contribution is 0.0781.